The van der Waals surface area contributed by atoms with Gasteiger partial charge in [-0.25, -0.2) is 4.90 Å². The lowest BCUT2D eigenvalue weighted by Gasteiger charge is -2.19. The van der Waals surface area contributed by atoms with Crippen molar-refractivity contribution >= 4 is 52.8 Å². The zero-order chi connectivity index (χ0) is 37.5. The fraction of sp³-hybridized carbons (Fsp3) is 0.457. The van der Waals surface area contributed by atoms with Crippen molar-refractivity contribution in [2.75, 3.05) is 37.9 Å². The van der Waals surface area contributed by atoms with E-state index in [1.54, 1.807) is 44.2 Å². The Morgan fingerprint density at radius 1 is 0.824 bits per heavy atom. The summed E-state index contributed by atoms with van der Waals surface area (Å²) < 4.78 is 5.12. The fourth-order valence-electron chi connectivity index (χ4n) is 4.86. The molecule has 0 aliphatic carbocycles. The lowest BCUT2D eigenvalue weighted by molar-refractivity contribution is -0.131. The number of pyridine rings is 1. The molecule has 0 radical (unpaired) electrons. The van der Waals surface area contributed by atoms with Gasteiger partial charge in [-0.2, -0.15) is 0 Å². The largest absolute Gasteiger partial charge is 0.353 e. The van der Waals surface area contributed by atoms with E-state index in [9.17, 15) is 38.4 Å². The number of imide groups is 1. The maximum absolute atomic E-state index is 12.9. The summed E-state index contributed by atoms with van der Waals surface area (Å²) in [7, 11) is 0. The molecule has 1 fully saturated rings. The summed E-state index contributed by atoms with van der Waals surface area (Å²) in [6.45, 7) is 5.52. The van der Waals surface area contributed by atoms with Crippen molar-refractivity contribution in [2.45, 2.75) is 53.0 Å². The normalized spacial score (nSPS) is 14.6. The number of nitrogens with zero attached hydrogens (tertiary/aromatic N) is 2. The molecule has 1 unspecified atom stereocenters. The van der Waals surface area contributed by atoms with E-state index in [4.69, 9.17) is 4.74 Å². The number of amides is 7. The van der Waals surface area contributed by atoms with Crippen LogP contribution in [0.4, 0.5) is 5.69 Å². The summed E-state index contributed by atoms with van der Waals surface area (Å²) in [6.07, 6.45) is 1.41. The zero-order valence-corrected chi connectivity index (χ0v) is 29.2. The molecule has 274 valence electrons. The van der Waals surface area contributed by atoms with Crippen LogP contribution in [0.3, 0.4) is 0 Å². The zero-order valence-electron chi connectivity index (χ0n) is 29.2. The van der Waals surface area contributed by atoms with Crippen molar-refractivity contribution in [3.05, 3.63) is 59.9 Å². The van der Waals surface area contributed by atoms with Gasteiger partial charge in [0, 0.05) is 24.5 Å². The summed E-state index contributed by atoms with van der Waals surface area (Å²) in [4.78, 5) is 104. The van der Waals surface area contributed by atoms with E-state index in [-0.39, 0.29) is 68.0 Å². The predicted octanol–water partition coefficient (Wildman–Crippen LogP) is -0.449. The Morgan fingerprint density at radius 3 is 2.10 bits per heavy atom. The van der Waals surface area contributed by atoms with Gasteiger partial charge in [0.25, 0.3) is 0 Å². The van der Waals surface area contributed by atoms with Crippen LogP contribution in [0.25, 0.3) is 0 Å². The van der Waals surface area contributed by atoms with Gasteiger partial charge in [-0.05, 0) is 23.6 Å². The number of benzene rings is 1. The SMILES string of the molecule is CC(C)C(=O)COCNC(=O)CNC(=O)[C@H](Cc1ccccc1)NC(=O)CNC(=O)CNC(=O)Cc1ccc(N2C(=O)CC(C(C)C)C2=O)cn1. The van der Waals surface area contributed by atoms with Gasteiger partial charge in [-0.15, -0.1) is 0 Å². The molecule has 0 bridgehead atoms. The van der Waals surface area contributed by atoms with E-state index in [2.05, 4.69) is 31.6 Å². The number of ketones is 1. The molecule has 1 aliphatic rings. The summed E-state index contributed by atoms with van der Waals surface area (Å²) in [5.41, 5.74) is 1.41. The molecule has 0 spiro atoms. The van der Waals surface area contributed by atoms with E-state index < -0.39 is 55.2 Å². The number of anilines is 1. The summed E-state index contributed by atoms with van der Waals surface area (Å²) in [5, 5.41) is 12.3. The third-order valence-electron chi connectivity index (χ3n) is 7.90. The number of aromatic nitrogens is 1. The third-order valence-corrected chi connectivity index (χ3v) is 7.90. The molecule has 1 saturated heterocycles. The molecule has 1 aromatic heterocycles. The second-order valence-corrected chi connectivity index (χ2v) is 12.6. The molecular formula is C35H45N7O9. The highest BCUT2D eigenvalue weighted by molar-refractivity contribution is 6.20. The number of hydrogen-bond acceptors (Lipinski definition) is 10. The predicted molar refractivity (Wildman–Crippen MR) is 183 cm³/mol. The molecule has 2 aromatic rings. The Hall–Kier alpha value is -5.51. The number of carbonyl (C=O) groups is 8. The molecular weight excluding hydrogens is 662 g/mol. The standard InChI is InChI=1S/C35H45N7O9/c1-21(2)26-14-33(48)42(35(26)50)25-11-10-24(36-15-25)13-29(44)37-16-30(45)38-18-32(47)41-27(12-23-8-6-5-7-9-23)34(49)39-17-31(46)40-20-51-19-28(43)22(3)4/h5-11,15,21-22,26-27H,12-14,16-20H2,1-4H3,(H,37,44)(H,38,45)(H,39,49)(H,40,46)(H,41,47)/t26?,27-/m0/s1. The summed E-state index contributed by atoms with van der Waals surface area (Å²) >= 11 is 0. The van der Waals surface area contributed by atoms with Crippen molar-refractivity contribution in [2.24, 2.45) is 17.8 Å². The molecule has 16 nitrogen and oxygen atoms in total. The van der Waals surface area contributed by atoms with E-state index in [1.807, 2.05) is 13.8 Å². The quantitative estimate of drug-likeness (QED) is 0.0719. The highest BCUT2D eigenvalue weighted by atomic mass is 16.5. The first kappa shape index (κ1) is 39.9. The van der Waals surface area contributed by atoms with Crippen molar-refractivity contribution in [3.63, 3.8) is 0 Å². The number of carbonyl (C=O) groups excluding carboxylic acids is 8. The minimum absolute atomic E-state index is 0.0188. The van der Waals surface area contributed by atoms with Crippen molar-refractivity contribution in [3.8, 4) is 0 Å². The van der Waals surface area contributed by atoms with Gasteiger partial charge in [-0.1, -0.05) is 58.0 Å². The number of nitrogens with one attached hydrogen (secondary N) is 5. The topological polar surface area (TPSA) is 222 Å². The van der Waals surface area contributed by atoms with Crippen LogP contribution in [0.15, 0.2) is 48.7 Å². The Kier molecular flexibility index (Phi) is 15.4. The smallest absolute Gasteiger partial charge is 0.243 e. The van der Waals surface area contributed by atoms with Crippen LogP contribution in [0.2, 0.25) is 0 Å². The van der Waals surface area contributed by atoms with E-state index in [0.717, 1.165) is 10.5 Å². The van der Waals surface area contributed by atoms with Crippen LogP contribution in [0.1, 0.15) is 45.4 Å². The van der Waals surface area contributed by atoms with Crippen molar-refractivity contribution in [1.29, 1.82) is 0 Å². The molecule has 7 amide bonds. The number of ether oxygens (including phenoxy) is 1. The first-order chi connectivity index (χ1) is 24.2. The van der Waals surface area contributed by atoms with E-state index >= 15 is 0 Å². The molecule has 16 heteroatoms. The minimum Gasteiger partial charge on any atom is -0.353 e. The van der Waals surface area contributed by atoms with Crippen LogP contribution in [0.5, 0.6) is 0 Å². The van der Waals surface area contributed by atoms with Gasteiger partial charge < -0.3 is 31.3 Å². The third kappa shape index (κ3) is 13.0. The van der Waals surface area contributed by atoms with Gasteiger partial charge in [0.05, 0.1) is 43.9 Å². The number of Topliss-reactive ketones (excluding diaryl/α,β-unsaturated/α-hetero) is 1. The molecule has 0 saturated carbocycles. The highest BCUT2D eigenvalue weighted by Crippen LogP contribution is 2.30. The number of hydrogen-bond donors (Lipinski definition) is 5. The molecule has 1 aromatic carbocycles. The average Bonchev–Trinajstić information content (AvgIpc) is 3.40. The molecule has 2 heterocycles. The van der Waals surface area contributed by atoms with Crippen LogP contribution in [-0.2, 0) is 55.9 Å². The molecule has 5 N–H and O–H groups in total. The van der Waals surface area contributed by atoms with Gasteiger partial charge in [-0.3, -0.25) is 43.3 Å². The lowest BCUT2D eigenvalue weighted by Crippen LogP contribution is -2.52. The molecule has 51 heavy (non-hydrogen) atoms. The monoisotopic (exact) mass is 707 g/mol. The summed E-state index contributed by atoms with van der Waals surface area (Å²) in [6, 6.07) is 10.8. The first-order valence-corrected chi connectivity index (χ1v) is 16.6. The Bertz CT molecular complexity index is 1580. The maximum Gasteiger partial charge on any atom is 0.243 e. The molecule has 2 atom stereocenters. The molecule has 3 rings (SSSR count). The van der Waals surface area contributed by atoms with Crippen LogP contribution >= 0.6 is 0 Å². The van der Waals surface area contributed by atoms with Crippen LogP contribution < -0.4 is 31.5 Å². The van der Waals surface area contributed by atoms with Gasteiger partial charge in [0.15, 0.2) is 5.78 Å². The van der Waals surface area contributed by atoms with Gasteiger partial charge >= 0.3 is 0 Å². The minimum atomic E-state index is -1.08. The maximum atomic E-state index is 12.9. The van der Waals surface area contributed by atoms with Crippen molar-refractivity contribution < 1.29 is 43.1 Å². The number of rotatable bonds is 19. The van der Waals surface area contributed by atoms with Gasteiger partial charge in [0.2, 0.25) is 41.4 Å². The Labute approximate surface area is 295 Å². The van der Waals surface area contributed by atoms with Crippen molar-refractivity contribution in [1.82, 2.24) is 31.6 Å². The summed E-state index contributed by atoms with van der Waals surface area (Å²) in [5.74, 6) is -4.35. The Morgan fingerprint density at radius 2 is 1.47 bits per heavy atom. The second kappa shape index (κ2) is 19.6. The van der Waals surface area contributed by atoms with Gasteiger partial charge in [0.1, 0.15) is 19.4 Å². The van der Waals surface area contributed by atoms with E-state index in [0.29, 0.717) is 11.4 Å². The molecule has 1 aliphatic heterocycles. The second-order valence-electron chi connectivity index (χ2n) is 12.6. The Balaban J connectivity index is 1.42. The van der Waals surface area contributed by atoms with E-state index in [1.165, 1.54) is 18.3 Å². The highest BCUT2D eigenvalue weighted by Gasteiger charge is 2.41. The average molecular weight is 708 g/mol. The van der Waals surface area contributed by atoms with Crippen LogP contribution in [0, 0.1) is 17.8 Å². The fourth-order valence-corrected chi connectivity index (χ4v) is 4.86. The first-order valence-electron chi connectivity index (χ1n) is 16.6. The van der Waals surface area contributed by atoms with Crippen LogP contribution in [-0.4, -0.2) is 91.1 Å². The lowest BCUT2D eigenvalue weighted by atomic mass is 9.94.